The van der Waals surface area contributed by atoms with Crippen LogP contribution >= 0.6 is 11.8 Å². The minimum absolute atomic E-state index is 0.206. The number of pyridine rings is 1. The van der Waals surface area contributed by atoms with E-state index in [1.54, 1.807) is 0 Å². The summed E-state index contributed by atoms with van der Waals surface area (Å²) in [5.74, 6) is 1.47. The largest absolute Gasteiger partial charge is 0.342 e. The van der Waals surface area contributed by atoms with E-state index in [4.69, 9.17) is 0 Å². The second-order valence-corrected chi connectivity index (χ2v) is 7.19. The molecule has 0 aromatic carbocycles. The first-order chi connectivity index (χ1) is 10.6. The van der Waals surface area contributed by atoms with Gasteiger partial charge in [0.25, 0.3) is 0 Å². The van der Waals surface area contributed by atoms with Gasteiger partial charge in [-0.15, -0.1) is 0 Å². The number of hydrogen-bond donors (Lipinski definition) is 0. The monoisotopic (exact) mass is 317 g/mol. The van der Waals surface area contributed by atoms with Crippen LogP contribution < -0.4 is 0 Å². The SMILES string of the molecule is CC1CCC(N(C)C(=O)CSc2ncc3ccccn23)CC1. The minimum Gasteiger partial charge on any atom is -0.342 e. The van der Waals surface area contributed by atoms with Crippen molar-refractivity contribution in [3.8, 4) is 0 Å². The van der Waals surface area contributed by atoms with Crippen molar-refractivity contribution in [2.75, 3.05) is 12.8 Å². The Labute approximate surface area is 135 Å². The fourth-order valence-corrected chi connectivity index (χ4v) is 3.98. The van der Waals surface area contributed by atoms with Gasteiger partial charge >= 0.3 is 0 Å². The van der Waals surface area contributed by atoms with E-state index in [1.807, 2.05) is 46.9 Å². The van der Waals surface area contributed by atoms with E-state index in [1.165, 1.54) is 24.6 Å². The van der Waals surface area contributed by atoms with E-state index >= 15 is 0 Å². The van der Waals surface area contributed by atoms with Crippen LogP contribution in [0, 0.1) is 5.92 Å². The zero-order valence-electron chi connectivity index (χ0n) is 13.2. The summed E-state index contributed by atoms with van der Waals surface area (Å²) in [6.45, 7) is 2.30. The van der Waals surface area contributed by atoms with Crippen molar-refractivity contribution in [2.45, 2.75) is 43.8 Å². The number of imidazole rings is 1. The molecule has 0 unspecified atom stereocenters. The Morgan fingerprint density at radius 2 is 2.14 bits per heavy atom. The predicted molar refractivity (Wildman–Crippen MR) is 90.1 cm³/mol. The van der Waals surface area contributed by atoms with Crippen LogP contribution in [0.15, 0.2) is 35.7 Å². The number of aromatic nitrogens is 2. The van der Waals surface area contributed by atoms with Crippen molar-refractivity contribution < 1.29 is 4.79 Å². The maximum atomic E-state index is 12.4. The van der Waals surface area contributed by atoms with Crippen LogP contribution in [0.4, 0.5) is 0 Å². The molecule has 5 heteroatoms. The van der Waals surface area contributed by atoms with Gasteiger partial charge in [-0.05, 0) is 43.7 Å². The van der Waals surface area contributed by atoms with Gasteiger partial charge < -0.3 is 4.90 Å². The Hall–Kier alpha value is -1.49. The number of nitrogens with zero attached hydrogens (tertiary/aromatic N) is 3. The number of carbonyl (C=O) groups excluding carboxylic acids is 1. The molecular weight excluding hydrogens is 294 g/mol. The summed E-state index contributed by atoms with van der Waals surface area (Å²) in [6.07, 6.45) is 8.59. The number of thioether (sulfide) groups is 1. The second-order valence-electron chi connectivity index (χ2n) is 6.24. The van der Waals surface area contributed by atoms with Crippen molar-refractivity contribution in [1.82, 2.24) is 14.3 Å². The van der Waals surface area contributed by atoms with E-state index in [-0.39, 0.29) is 5.91 Å². The van der Waals surface area contributed by atoms with Gasteiger partial charge in [0, 0.05) is 19.3 Å². The van der Waals surface area contributed by atoms with Crippen molar-refractivity contribution in [2.24, 2.45) is 5.92 Å². The molecule has 0 spiro atoms. The molecule has 3 rings (SSSR count). The lowest BCUT2D eigenvalue weighted by Gasteiger charge is -2.33. The number of amides is 1. The average Bonchev–Trinajstić information content (AvgIpc) is 2.96. The summed E-state index contributed by atoms with van der Waals surface area (Å²) in [7, 11) is 1.95. The van der Waals surface area contributed by atoms with Crippen LogP contribution in [-0.4, -0.2) is 39.0 Å². The van der Waals surface area contributed by atoms with Gasteiger partial charge in [0.15, 0.2) is 5.16 Å². The molecule has 2 aromatic rings. The summed E-state index contributed by atoms with van der Waals surface area (Å²) >= 11 is 1.52. The van der Waals surface area contributed by atoms with Gasteiger partial charge in [-0.1, -0.05) is 24.8 Å². The Kier molecular flexibility index (Phi) is 4.71. The second kappa shape index (κ2) is 6.73. The molecule has 1 aliphatic carbocycles. The maximum absolute atomic E-state index is 12.4. The van der Waals surface area contributed by atoms with Gasteiger partial charge in [-0.3, -0.25) is 9.20 Å². The summed E-state index contributed by atoms with van der Waals surface area (Å²) in [6, 6.07) is 6.42. The van der Waals surface area contributed by atoms with E-state index in [2.05, 4.69) is 11.9 Å². The molecule has 1 saturated carbocycles. The molecule has 0 atom stereocenters. The quantitative estimate of drug-likeness (QED) is 0.810. The van der Waals surface area contributed by atoms with Crippen LogP contribution in [0.1, 0.15) is 32.6 Å². The van der Waals surface area contributed by atoms with E-state index < -0.39 is 0 Å². The van der Waals surface area contributed by atoms with E-state index in [0.29, 0.717) is 11.8 Å². The first-order valence-corrected chi connectivity index (χ1v) is 8.94. The molecule has 118 valence electrons. The van der Waals surface area contributed by atoms with Crippen molar-refractivity contribution in [1.29, 1.82) is 0 Å². The zero-order chi connectivity index (χ0) is 15.5. The third-order valence-electron chi connectivity index (χ3n) is 4.66. The van der Waals surface area contributed by atoms with Gasteiger partial charge in [0.05, 0.1) is 17.5 Å². The lowest BCUT2D eigenvalue weighted by atomic mass is 9.87. The fraction of sp³-hybridized carbons (Fsp3) is 0.529. The molecule has 0 aliphatic heterocycles. The van der Waals surface area contributed by atoms with Gasteiger partial charge in [0.1, 0.15) is 0 Å². The van der Waals surface area contributed by atoms with Crippen LogP contribution in [-0.2, 0) is 4.79 Å². The molecule has 22 heavy (non-hydrogen) atoms. The van der Waals surface area contributed by atoms with Crippen LogP contribution in [0.5, 0.6) is 0 Å². The Balaban J connectivity index is 1.57. The molecule has 0 bridgehead atoms. The number of fused-ring (bicyclic) bond motifs is 1. The highest BCUT2D eigenvalue weighted by Crippen LogP contribution is 2.27. The number of rotatable bonds is 4. The highest BCUT2D eigenvalue weighted by molar-refractivity contribution is 7.99. The predicted octanol–water partition coefficient (Wildman–Crippen LogP) is 3.46. The molecule has 1 amide bonds. The molecule has 1 fully saturated rings. The molecule has 4 nitrogen and oxygen atoms in total. The summed E-state index contributed by atoms with van der Waals surface area (Å²) in [4.78, 5) is 18.8. The topological polar surface area (TPSA) is 37.6 Å². The highest BCUT2D eigenvalue weighted by atomic mass is 32.2. The van der Waals surface area contributed by atoms with Crippen molar-refractivity contribution in [3.05, 3.63) is 30.6 Å². The number of hydrogen-bond acceptors (Lipinski definition) is 3. The Morgan fingerprint density at radius 3 is 2.91 bits per heavy atom. The van der Waals surface area contributed by atoms with Crippen molar-refractivity contribution >= 4 is 23.2 Å². The van der Waals surface area contributed by atoms with Gasteiger partial charge in [-0.25, -0.2) is 4.98 Å². The third-order valence-corrected chi connectivity index (χ3v) is 5.61. The van der Waals surface area contributed by atoms with Crippen LogP contribution in [0.25, 0.3) is 5.52 Å². The lowest BCUT2D eigenvalue weighted by molar-refractivity contribution is -0.129. The van der Waals surface area contributed by atoms with Crippen LogP contribution in [0.2, 0.25) is 0 Å². The zero-order valence-corrected chi connectivity index (χ0v) is 14.1. The molecule has 0 radical (unpaired) electrons. The smallest absolute Gasteiger partial charge is 0.233 e. The lowest BCUT2D eigenvalue weighted by Crippen LogP contribution is -2.40. The van der Waals surface area contributed by atoms with E-state index in [9.17, 15) is 4.79 Å². The van der Waals surface area contributed by atoms with Gasteiger partial charge in [-0.2, -0.15) is 0 Å². The minimum atomic E-state index is 0.206. The highest BCUT2D eigenvalue weighted by Gasteiger charge is 2.24. The summed E-state index contributed by atoms with van der Waals surface area (Å²) in [5.41, 5.74) is 1.06. The van der Waals surface area contributed by atoms with Crippen LogP contribution in [0.3, 0.4) is 0 Å². The molecule has 0 N–H and O–H groups in total. The Bertz CT molecular complexity index is 646. The fourth-order valence-electron chi connectivity index (χ4n) is 3.09. The molecular formula is C17H23N3OS. The average molecular weight is 317 g/mol. The summed E-state index contributed by atoms with van der Waals surface area (Å²) < 4.78 is 2.03. The molecule has 0 saturated heterocycles. The molecule has 1 aliphatic rings. The molecule has 2 heterocycles. The standard InChI is InChI=1S/C17H23N3OS/c1-13-6-8-14(9-7-13)19(2)16(21)12-22-17-18-11-15-5-3-4-10-20(15)17/h3-5,10-11,13-14H,6-9,12H2,1-2H3. The first-order valence-electron chi connectivity index (χ1n) is 7.95. The van der Waals surface area contributed by atoms with Crippen molar-refractivity contribution in [3.63, 3.8) is 0 Å². The number of carbonyl (C=O) groups is 1. The first kappa shape index (κ1) is 15.4. The van der Waals surface area contributed by atoms with Gasteiger partial charge in [0.2, 0.25) is 5.91 Å². The third kappa shape index (κ3) is 3.29. The normalized spacial score (nSPS) is 21.9. The summed E-state index contributed by atoms with van der Waals surface area (Å²) in [5, 5.41) is 0.884. The van der Waals surface area contributed by atoms with E-state index in [0.717, 1.165) is 29.4 Å². The molecule has 2 aromatic heterocycles. The maximum Gasteiger partial charge on any atom is 0.233 e. The Morgan fingerprint density at radius 1 is 1.36 bits per heavy atom.